The van der Waals surface area contributed by atoms with Gasteiger partial charge >= 0.3 is 12.1 Å². The quantitative estimate of drug-likeness (QED) is 0.337. The number of hydrogen-bond donors (Lipinski definition) is 3. The molecular formula is C26H24F3N3O2. The number of carboxylic acid groups (broad SMARTS) is 1. The number of nitrogens with two attached hydrogens (primary N) is 1. The molecule has 0 saturated carbocycles. The number of rotatable bonds is 5. The van der Waals surface area contributed by atoms with Crippen LogP contribution in [0.2, 0.25) is 0 Å². The van der Waals surface area contributed by atoms with Crippen molar-refractivity contribution in [3.8, 4) is 11.1 Å². The lowest BCUT2D eigenvalue weighted by Gasteiger charge is -2.16. The molecule has 4 N–H and O–H groups in total. The molecule has 1 unspecified atom stereocenters. The van der Waals surface area contributed by atoms with Gasteiger partial charge in [0.05, 0.1) is 0 Å². The number of halogens is 3. The summed E-state index contributed by atoms with van der Waals surface area (Å²) < 4.78 is 31.7. The molecule has 8 heteroatoms. The summed E-state index contributed by atoms with van der Waals surface area (Å²) in [6.07, 6.45) is -1.53. The van der Waals surface area contributed by atoms with Gasteiger partial charge in [-0.25, -0.2) is 4.79 Å². The smallest absolute Gasteiger partial charge is 0.475 e. The largest absolute Gasteiger partial charge is 0.490 e. The minimum Gasteiger partial charge on any atom is -0.475 e. The molecule has 5 nitrogen and oxygen atoms in total. The third-order valence-electron chi connectivity index (χ3n) is 5.25. The van der Waals surface area contributed by atoms with Crippen LogP contribution < -0.4 is 11.1 Å². The molecule has 0 amide bonds. The van der Waals surface area contributed by atoms with Gasteiger partial charge in [0.25, 0.3) is 0 Å². The van der Waals surface area contributed by atoms with E-state index in [-0.39, 0.29) is 6.04 Å². The Kier molecular flexibility index (Phi) is 7.86. The van der Waals surface area contributed by atoms with Gasteiger partial charge in [-0.15, -0.1) is 0 Å². The van der Waals surface area contributed by atoms with Crippen LogP contribution in [0.5, 0.6) is 0 Å². The number of carbonyl (C=O) groups is 1. The molecule has 3 aromatic carbocycles. The van der Waals surface area contributed by atoms with Crippen molar-refractivity contribution < 1.29 is 23.1 Å². The highest BCUT2D eigenvalue weighted by Crippen LogP contribution is 2.25. The van der Waals surface area contributed by atoms with Crippen LogP contribution in [0, 0.1) is 0 Å². The highest BCUT2D eigenvalue weighted by atomic mass is 19.4. The summed E-state index contributed by atoms with van der Waals surface area (Å²) in [5.41, 5.74) is 11.6. The van der Waals surface area contributed by atoms with Crippen LogP contribution in [0.4, 0.5) is 18.9 Å². The van der Waals surface area contributed by atoms with Gasteiger partial charge in [-0.05, 0) is 46.5 Å². The van der Waals surface area contributed by atoms with Crippen molar-refractivity contribution in [3.05, 3.63) is 96.3 Å². The zero-order valence-corrected chi connectivity index (χ0v) is 18.4. The molecule has 0 aliphatic rings. The first-order valence-corrected chi connectivity index (χ1v) is 10.5. The number of benzene rings is 3. The second-order valence-corrected chi connectivity index (χ2v) is 7.67. The third-order valence-corrected chi connectivity index (χ3v) is 5.25. The molecule has 176 valence electrons. The number of pyridine rings is 1. The number of fused-ring (bicyclic) bond motifs is 1. The topological polar surface area (TPSA) is 88.2 Å². The molecule has 34 heavy (non-hydrogen) atoms. The summed E-state index contributed by atoms with van der Waals surface area (Å²) in [5.74, 6) is -2.76. The zero-order valence-electron chi connectivity index (χ0n) is 18.4. The maximum absolute atomic E-state index is 10.6. The molecule has 4 rings (SSSR count). The van der Waals surface area contributed by atoms with Gasteiger partial charge in [-0.2, -0.15) is 13.2 Å². The number of anilines is 1. The minimum absolute atomic E-state index is 0.152. The lowest BCUT2D eigenvalue weighted by molar-refractivity contribution is -0.192. The number of aromatic nitrogens is 1. The highest BCUT2D eigenvalue weighted by Gasteiger charge is 2.38. The van der Waals surface area contributed by atoms with Crippen molar-refractivity contribution in [2.75, 3.05) is 5.73 Å². The van der Waals surface area contributed by atoms with Crippen LogP contribution in [0.1, 0.15) is 24.1 Å². The van der Waals surface area contributed by atoms with Crippen molar-refractivity contribution in [1.82, 2.24) is 10.3 Å². The maximum atomic E-state index is 10.6. The summed E-state index contributed by atoms with van der Waals surface area (Å²) in [6, 6.07) is 25.8. The first kappa shape index (κ1) is 24.7. The predicted octanol–water partition coefficient (Wildman–Crippen LogP) is 5.97. The second kappa shape index (κ2) is 10.8. The van der Waals surface area contributed by atoms with Crippen LogP contribution in [0.25, 0.3) is 21.9 Å². The Bertz CT molecular complexity index is 1260. The Morgan fingerprint density at radius 2 is 1.62 bits per heavy atom. The van der Waals surface area contributed by atoms with Crippen molar-refractivity contribution in [2.45, 2.75) is 25.7 Å². The standard InChI is InChI=1S/C24H23N3.C2HF3O2/c1-17(23-16-26-13-12-24(23)25)27-15-18-6-8-20(9-7-18)22-11-10-19-4-2-3-5-21(19)14-22;3-2(4,5)1(6)7/h2-14,16-17,27H,15H2,1H3,(H2,25,26);(H,6,7). The first-order chi connectivity index (χ1) is 16.1. The SMILES string of the molecule is CC(NCc1ccc(-c2ccc3ccccc3c2)cc1)c1cnccc1N.O=C(O)C(F)(F)F. The first-order valence-electron chi connectivity index (χ1n) is 10.5. The fraction of sp³-hybridized carbons (Fsp3) is 0.154. The van der Waals surface area contributed by atoms with E-state index in [9.17, 15) is 13.2 Å². The Morgan fingerprint density at radius 3 is 2.24 bits per heavy atom. The van der Waals surface area contributed by atoms with Gasteiger partial charge in [-0.1, -0.05) is 60.7 Å². The van der Waals surface area contributed by atoms with Crippen LogP contribution in [-0.4, -0.2) is 22.2 Å². The molecule has 1 atom stereocenters. The highest BCUT2D eigenvalue weighted by molar-refractivity contribution is 5.87. The third kappa shape index (κ3) is 6.55. The monoisotopic (exact) mass is 467 g/mol. The predicted molar refractivity (Wildman–Crippen MR) is 127 cm³/mol. The van der Waals surface area contributed by atoms with Crippen LogP contribution in [-0.2, 0) is 11.3 Å². The van der Waals surface area contributed by atoms with Crippen LogP contribution in [0.15, 0.2) is 85.2 Å². The molecule has 0 fully saturated rings. The Hall–Kier alpha value is -3.91. The molecule has 1 heterocycles. The number of carboxylic acids is 1. The van der Waals surface area contributed by atoms with E-state index < -0.39 is 12.1 Å². The normalized spacial score (nSPS) is 12.0. The van der Waals surface area contributed by atoms with Gasteiger partial charge in [0.2, 0.25) is 0 Å². The van der Waals surface area contributed by atoms with E-state index in [0.29, 0.717) is 0 Å². The molecule has 0 radical (unpaired) electrons. The summed E-state index contributed by atoms with van der Waals surface area (Å²) >= 11 is 0. The van der Waals surface area contributed by atoms with Crippen molar-refractivity contribution >= 4 is 22.4 Å². The van der Waals surface area contributed by atoms with E-state index in [1.165, 1.54) is 27.5 Å². The van der Waals surface area contributed by atoms with E-state index in [1.807, 2.05) is 12.3 Å². The van der Waals surface area contributed by atoms with Crippen molar-refractivity contribution in [3.63, 3.8) is 0 Å². The summed E-state index contributed by atoms with van der Waals surface area (Å²) in [6.45, 7) is 2.89. The van der Waals surface area contributed by atoms with Crippen molar-refractivity contribution in [1.29, 1.82) is 0 Å². The number of aliphatic carboxylic acids is 1. The molecule has 0 spiro atoms. The summed E-state index contributed by atoms with van der Waals surface area (Å²) in [5, 5.41) is 13.2. The summed E-state index contributed by atoms with van der Waals surface area (Å²) in [7, 11) is 0. The van der Waals surface area contributed by atoms with Gasteiger partial charge in [0.1, 0.15) is 0 Å². The zero-order chi connectivity index (χ0) is 24.7. The molecule has 0 aliphatic heterocycles. The molecule has 4 aromatic rings. The van der Waals surface area contributed by atoms with Gasteiger partial charge < -0.3 is 16.2 Å². The Morgan fingerprint density at radius 1 is 1.00 bits per heavy atom. The number of hydrogen-bond acceptors (Lipinski definition) is 4. The second-order valence-electron chi connectivity index (χ2n) is 7.67. The van der Waals surface area contributed by atoms with E-state index in [0.717, 1.165) is 17.8 Å². The van der Waals surface area contributed by atoms with E-state index >= 15 is 0 Å². The molecule has 0 aliphatic carbocycles. The fourth-order valence-electron chi connectivity index (χ4n) is 3.34. The maximum Gasteiger partial charge on any atom is 0.490 e. The van der Waals surface area contributed by atoms with Crippen molar-refractivity contribution in [2.24, 2.45) is 0 Å². The molecule has 0 bridgehead atoms. The number of nitrogens with one attached hydrogen (secondary N) is 1. The lowest BCUT2D eigenvalue weighted by Crippen LogP contribution is -2.21. The van der Waals surface area contributed by atoms with E-state index in [4.69, 9.17) is 15.6 Å². The average molecular weight is 467 g/mol. The number of nitrogen functional groups attached to an aromatic ring is 1. The minimum atomic E-state index is -5.08. The Balaban J connectivity index is 0.000000406. The number of nitrogens with zero attached hydrogens (tertiary/aromatic N) is 1. The van der Waals surface area contributed by atoms with Crippen LogP contribution >= 0.6 is 0 Å². The average Bonchev–Trinajstić information content (AvgIpc) is 2.82. The summed E-state index contributed by atoms with van der Waals surface area (Å²) in [4.78, 5) is 13.1. The fourth-order valence-corrected chi connectivity index (χ4v) is 3.34. The molecule has 1 aromatic heterocycles. The molecular weight excluding hydrogens is 443 g/mol. The van der Waals surface area contributed by atoms with Gasteiger partial charge in [-0.3, -0.25) is 4.98 Å². The van der Waals surface area contributed by atoms with E-state index in [2.05, 4.69) is 84.0 Å². The Labute approximate surface area is 195 Å². The molecule has 0 saturated heterocycles. The van der Waals surface area contributed by atoms with Crippen LogP contribution in [0.3, 0.4) is 0 Å². The number of alkyl halides is 3. The van der Waals surface area contributed by atoms with E-state index in [1.54, 1.807) is 6.20 Å². The van der Waals surface area contributed by atoms with Gasteiger partial charge in [0.15, 0.2) is 0 Å². The van der Waals surface area contributed by atoms with Gasteiger partial charge in [0, 0.05) is 36.2 Å². The lowest BCUT2D eigenvalue weighted by atomic mass is 10.00.